The summed E-state index contributed by atoms with van der Waals surface area (Å²) < 4.78 is 43.1. The highest BCUT2D eigenvalue weighted by molar-refractivity contribution is 7.15. The normalized spacial score (nSPS) is 12.1. The third kappa shape index (κ3) is 2.20. The first-order valence-corrected chi connectivity index (χ1v) is 5.56. The largest absolute Gasteiger partial charge is 0.462 e. The number of aryl methyl sites for hydroxylation is 1. The van der Waals surface area contributed by atoms with E-state index in [0.29, 0.717) is 5.76 Å². The van der Waals surface area contributed by atoms with Crippen molar-refractivity contribution >= 4 is 11.3 Å². The molecule has 2 N–H and O–H groups in total. The summed E-state index contributed by atoms with van der Waals surface area (Å²) in [5, 5.41) is 0.209. The number of thiazole rings is 1. The summed E-state index contributed by atoms with van der Waals surface area (Å²) in [6.45, 7) is 1.56. The molecular weight excluding hydrogens is 253 g/mol. The number of furan rings is 1. The summed E-state index contributed by atoms with van der Waals surface area (Å²) in [4.78, 5) is 3.59. The molecule has 2 aromatic rings. The zero-order valence-electron chi connectivity index (χ0n) is 8.84. The molecule has 0 aromatic carbocycles. The van der Waals surface area contributed by atoms with Crippen LogP contribution >= 0.6 is 11.3 Å². The van der Waals surface area contributed by atoms with Crippen molar-refractivity contribution in [1.82, 2.24) is 4.98 Å². The number of aromatic nitrogens is 1. The molecule has 0 saturated carbocycles. The van der Waals surface area contributed by atoms with Crippen molar-refractivity contribution in [2.24, 2.45) is 5.73 Å². The van der Waals surface area contributed by atoms with Gasteiger partial charge in [-0.25, -0.2) is 4.98 Å². The molecule has 2 heterocycles. The second-order valence-corrected chi connectivity index (χ2v) is 4.51. The van der Waals surface area contributed by atoms with E-state index in [1.54, 1.807) is 13.0 Å². The lowest BCUT2D eigenvalue weighted by Crippen LogP contribution is -2.10. The first-order chi connectivity index (χ1) is 7.93. The number of alkyl halides is 3. The van der Waals surface area contributed by atoms with E-state index >= 15 is 0 Å². The molecule has 0 bridgehead atoms. The van der Waals surface area contributed by atoms with E-state index < -0.39 is 11.9 Å². The Labute approximate surface area is 99.1 Å². The van der Waals surface area contributed by atoms with E-state index in [4.69, 9.17) is 10.2 Å². The second-order valence-electron chi connectivity index (χ2n) is 3.43. The first-order valence-electron chi connectivity index (χ1n) is 4.75. The van der Waals surface area contributed by atoms with Crippen molar-refractivity contribution in [1.29, 1.82) is 0 Å². The third-order valence-electron chi connectivity index (χ3n) is 2.21. The van der Waals surface area contributed by atoms with Crippen LogP contribution in [0.15, 0.2) is 16.7 Å². The fourth-order valence-corrected chi connectivity index (χ4v) is 2.41. The molecule has 0 spiro atoms. The van der Waals surface area contributed by atoms with Crippen molar-refractivity contribution in [3.05, 3.63) is 28.5 Å². The molecule has 2 rings (SSSR count). The number of nitrogens with two attached hydrogens (primary N) is 1. The Morgan fingerprint density at radius 2 is 2.18 bits per heavy atom. The molecule has 0 aliphatic carbocycles. The molecule has 17 heavy (non-hydrogen) atoms. The Morgan fingerprint density at radius 3 is 2.59 bits per heavy atom. The highest BCUT2D eigenvalue weighted by Gasteiger charge is 2.37. The Hall–Kier alpha value is -1.34. The SMILES string of the molecule is Cc1ccoc1-c1nc(C(F)(F)F)c(CN)s1. The molecule has 0 atom stereocenters. The van der Waals surface area contributed by atoms with E-state index in [9.17, 15) is 13.2 Å². The van der Waals surface area contributed by atoms with Gasteiger partial charge in [0.05, 0.1) is 11.1 Å². The zero-order chi connectivity index (χ0) is 12.6. The van der Waals surface area contributed by atoms with Gasteiger partial charge >= 0.3 is 6.18 Å². The standard InChI is InChI=1S/C10H9F3N2OS/c1-5-2-3-16-7(5)9-15-8(10(11,12)13)6(4-14)17-9/h2-3H,4,14H2,1H3. The minimum Gasteiger partial charge on any atom is -0.462 e. The van der Waals surface area contributed by atoms with Gasteiger partial charge in [-0.15, -0.1) is 11.3 Å². The van der Waals surface area contributed by atoms with E-state index in [1.807, 2.05) is 0 Å². The van der Waals surface area contributed by atoms with E-state index in [2.05, 4.69) is 4.98 Å². The van der Waals surface area contributed by atoms with Gasteiger partial charge < -0.3 is 10.2 Å². The summed E-state index contributed by atoms with van der Waals surface area (Å²) in [7, 11) is 0. The molecule has 3 nitrogen and oxygen atoms in total. The van der Waals surface area contributed by atoms with Gasteiger partial charge in [-0.3, -0.25) is 0 Å². The number of halogens is 3. The smallest absolute Gasteiger partial charge is 0.434 e. The van der Waals surface area contributed by atoms with Gasteiger partial charge in [0, 0.05) is 6.54 Å². The van der Waals surface area contributed by atoms with Crippen LogP contribution in [0.1, 0.15) is 16.1 Å². The van der Waals surface area contributed by atoms with Crippen molar-refractivity contribution in [3.8, 4) is 10.8 Å². The highest BCUT2D eigenvalue weighted by Crippen LogP contribution is 2.38. The van der Waals surface area contributed by atoms with Gasteiger partial charge in [0.1, 0.15) is 0 Å². The maximum absolute atomic E-state index is 12.6. The van der Waals surface area contributed by atoms with Crippen molar-refractivity contribution in [3.63, 3.8) is 0 Å². The molecule has 0 aliphatic rings. The van der Waals surface area contributed by atoms with Crippen molar-refractivity contribution in [2.75, 3.05) is 0 Å². The molecule has 0 aliphatic heterocycles. The number of hydrogen-bond donors (Lipinski definition) is 1. The molecule has 0 unspecified atom stereocenters. The lowest BCUT2D eigenvalue weighted by atomic mass is 10.3. The predicted octanol–water partition coefficient (Wildman–Crippen LogP) is 3.19. The minimum atomic E-state index is -4.48. The molecule has 0 saturated heterocycles. The maximum Gasteiger partial charge on any atom is 0.434 e. The van der Waals surface area contributed by atoms with Gasteiger partial charge in [0.2, 0.25) is 0 Å². The Bertz CT molecular complexity index is 530. The van der Waals surface area contributed by atoms with Gasteiger partial charge in [-0.05, 0) is 18.6 Å². The van der Waals surface area contributed by atoms with Crippen molar-refractivity contribution in [2.45, 2.75) is 19.6 Å². The number of nitrogens with zero attached hydrogens (tertiary/aromatic N) is 1. The summed E-state index contributed by atoms with van der Waals surface area (Å²) in [6.07, 6.45) is -3.06. The lowest BCUT2D eigenvalue weighted by Gasteiger charge is -2.03. The molecule has 0 radical (unpaired) electrons. The van der Waals surface area contributed by atoms with Crippen LogP contribution in [0.25, 0.3) is 10.8 Å². The minimum absolute atomic E-state index is 0.0169. The van der Waals surface area contributed by atoms with E-state index in [0.717, 1.165) is 16.9 Å². The Balaban J connectivity index is 2.52. The average Bonchev–Trinajstić information content (AvgIpc) is 2.81. The molecule has 0 fully saturated rings. The van der Waals surface area contributed by atoms with Crippen LogP contribution in [-0.4, -0.2) is 4.98 Å². The summed E-state index contributed by atoms with van der Waals surface area (Å²) in [6, 6.07) is 1.67. The summed E-state index contributed by atoms with van der Waals surface area (Å²) in [5.74, 6) is 0.361. The average molecular weight is 262 g/mol. The fraction of sp³-hybridized carbons (Fsp3) is 0.300. The molecule has 0 amide bonds. The third-order valence-corrected chi connectivity index (χ3v) is 3.28. The van der Waals surface area contributed by atoms with Crippen LogP contribution < -0.4 is 5.73 Å². The lowest BCUT2D eigenvalue weighted by molar-refractivity contribution is -0.141. The number of hydrogen-bond acceptors (Lipinski definition) is 4. The van der Waals surface area contributed by atoms with Crippen LogP contribution in [0.3, 0.4) is 0 Å². The molecule has 92 valence electrons. The van der Waals surface area contributed by atoms with Crippen LogP contribution in [0, 0.1) is 6.92 Å². The highest BCUT2D eigenvalue weighted by atomic mass is 32.1. The maximum atomic E-state index is 12.6. The summed E-state index contributed by atoms with van der Waals surface area (Å²) in [5.41, 5.74) is 5.12. The van der Waals surface area contributed by atoms with Crippen LogP contribution in [0.4, 0.5) is 13.2 Å². The topological polar surface area (TPSA) is 52.0 Å². The van der Waals surface area contributed by atoms with Crippen LogP contribution in [0.5, 0.6) is 0 Å². The monoisotopic (exact) mass is 262 g/mol. The van der Waals surface area contributed by atoms with Crippen molar-refractivity contribution < 1.29 is 17.6 Å². The van der Waals surface area contributed by atoms with Crippen LogP contribution in [0.2, 0.25) is 0 Å². The van der Waals surface area contributed by atoms with Gasteiger partial charge in [0.15, 0.2) is 16.5 Å². The molecule has 2 aromatic heterocycles. The van der Waals surface area contributed by atoms with E-state index in [1.165, 1.54) is 6.26 Å². The predicted molar refractivity (Wildman–Crippen MR) is 57.4 cm³/mol. The molecule has 7 heteroatoms. The van der Waals surface area contributed by atoms with Crippen LogP contribution in [-0.2, 0) is 12.7 Å². The fourth-order valence-electron chi connectivity index (χ4n) is 1.40. The molecular formula is C10H9F3N2OS. The summed E-state index contributed by atoms with van der Waals surface area (Å²) >= 11 is 0.908. The Kier molecular flexibility index (Phi) is 2.96. The zero-order valence-corrected chi connectivity index (χ0v) is 9.65. The van der Waals surface area contributed by atoms with Gasteiger partial charge in [-0.2, -0.15) is 13.2 Å². The number of rotatable bonds is 2. The first kappa shape index (κ1) is 12.1. The quantitative estimate of drug-likeness (QED) is 0.904. The second kappa shape index (κ2) is 4.15. The Morgan fingerprint density at radius 1 is 1.47 bits per heavy atom. The van der Waals surface area contributed by atoms with Gasteiger partial charge in [-0.1, -0.05) is 0 Å². The van der Waals surface area contributed by atoms with Gasteiger partial charge in [0.25, 0.3) is 0 Å². The van der Waals surface area contributed by atoms with E-state index in [-0.39, 0.29) is 16.4 Å².